The molecule has 0 aliphatic heterocycles. The number of ether oxygens (including phenoxy) is 1. The van der Waals surface area contributed by atoms with E-state index in [0.717, 1.165) is 11.3 Å². The van der Waals surface area contributed by atoms with Crippen molar-refractivity contribution in [1.29, 1.82) is 0 Å². The van der Waals surface area contributed by atoms with Gasteiger partial charge in [0.05, 0.1) is 23.7 Å². The molecule has 148 valence electrons. The van der Waals surface area contributed by atoms with E-state index in [9.17, 15) is 24.8 Å². The zero-order valence-electron chi connectivity index (χ0n) is 15.3. The SMILES string of the molecule is COc1ccc(-c2nc(NC(=O)c3ccccc3C(=O)[O-])sc2C)cc1[N+](=O)[O-]. The van der Waals surface area contributed by atoms with E-state index >= 15 is 0 Å². The fourth-order valence-electron chi connectivity index (χ4n) is 2.72. The minimum absolute atomic E-state index is 0.0537. The Morgan fingerprint density at radius 3 is 2.48 bits per heavy atom. The average molecular weight is 412 g/mol. The summed E-state index contributed by atoms with van der Waals surface area (Å²) in [5.41, 5.74) is 0.461. The van der Waals surface area contributed by atoms with Gasteiger partial charge in [-0.3, -0.25) is 20.2 Å². The summed E-state index contributed by atoms with van der Waals surface area (Å²) >= 11 is 1.16. The van der Waals surface area contributed by atoms with Gasteiger partial charge >= 0.3 is 5.69 Å². The van der Waals surface area contributed by atoms with Crippen LogP contribution in [-0.4, -0.2) is 28.9 Å². The molecule has 0 unspecified atom stereocenters. The number of aromatic carboxylic acids is 1. The largest absolute Gasteiger partial charge is 0.545 e. The number of anilines is 1. The van der Waals surface area contributed by atoms with Gasteiger partial charge in [-0.15, -0.1) is 11.3 Å². The molecule has 2 aromatic carbocycles. The molecule has 0 saturated heterocycles. The maximum absolute atomic E-state index is 12.5. The Morgan fingerprint density at radius 2 is 1.86 bits per heavy atom. The van der Waals surface area contributed by atoms with Crippen LogP contribution in [0, 0.1) is 17.0 Å². The lowest BCUT2D eigenvalue weighted by atomic mass is 10.1. The van der Waals surface area contributed by atoms with Gasteiger partial charge in [0, 0.05) is 27.6 Å². The molecule has 1 N–H and O–H groups in total. The molecule has 1 aromatic heterocycles. The van der Waals surface area contributed by atoms with Crippen LogP contribution in [0.5, 0.6) is 5.75 Å². The number of nitrogens with zero attached hydrogens (tertiary/aromatic N) is 2. The maximum Gasteiger partial charge on any atom is 0.311 e. The number of carboxylic acid groups (broad SMARTS) is 1. The molecule has 10 heteroatoms. The second kappa shape index (κ2) is 8.07. The highest BCUT2D eigenvalue weighted by Gasteiger charge is 2.20. The highest BCUT2D eigenvalue weighted by atomic mass is 32.1. The molecule has 0 atom stereocenters. The van der Waals surface area contributed by atoms with Crippen LogP contribution in [0.1, 0.15) is 25.6 Å². The number of hydrogen-bond donors (Lipinski definition) is 1. The minimum atomic E-state index is -1.46. The number of methoxy groups -OCH3 is 1. The van der Waals surface area contributed by atoms with E-state index in [2.05, 4.69) is 10.3 Å². The number of nitrogens with one attached hydrogen (secondary N) is 1. The van der Waals surface area contributed by atoms with Crippen LogP contribution in [0.4, 0.5) is 10.8 Å². The topological polar surface area (TPSA) is 134 Å². The van der Waals surface area contributed by atoms with Gasteiger partial charge in [-0.05, 0) is 25.1 Å². The van der Waals surface area contributed by atoms with Crippen LogP contribution in [0.25, 0.3) is 11.3 Å². The first-order valence-electron chi connectivity index (χ1n) is 8.23. The third-order valence-corrected chi connectivity index (χ3v) is 4.94. The molecule has 29 heavy (non-hydrogen) atoms. The van der Waals surface area contributed by atoms with Gasteiger partial charge in [-0.2, -0.15) is 0 Å². The van der Waals surface area contributed by atoms with Crippen LogP contribution < -0.4 is 15.2 Å². The highest BCUT2D eigenvalue weighted by Crippen LogP contribution is 2.36. The van der Waals surface area contributed by atoms with E-state index in [4.69, 9.17) is 4.74 Å². The second-order valence-corrected chi connectivity index (χ2v) is 7.06. The van der Waals surface area contributed by atoms with Gasteiger partial charge in [0.15, 0.2) is 10.9 Å². The number of thiazole rings is 1. The van der Waals surface area contributed by atoms with E-state index in [0.29, 0.717) is 16.1 Å². The van der Waals surface area contributed by atoms with Gasteiger partial charge in [0.1, 0.15) is 0 Å². The highest BCUT2D eigenvalue weighted by molar-refractivity contribution is 7.16. The molecule has 0 bridgehead atoms. The lowest BCUT2D eigenvalue weighted by Gasteiger charge is -2.09. The summed E-state index contributed by atoms with van der Waals surface area (Å²) in [6.45, 7) is 1.76. The third-order valence-electron chi connectivity index (χ3n) is 4.06. The van der Waals surface area contributed by atoms with Crippen molar-refractivity contribution < 1.29 is 24.4 Å². The summed E-state index contributed by atoms with van der Waals surface area (Å²) in [5.74, 6) is -1.98. The molecule has 3 aromatic rings. The number of nitro groups is 1. The molecular weight excluding hydrogens is 398 g/mol. The smallest absolute Gasteiger partial charge is 0.311 e. The summed E-state index contributed by atoms with van der Waals surface area (Å²) in [4.78, 5) is 39.4. The number of aromatic nitrogens is 1. The van der Waals surface area contributed by atoms with Crippen LogP contribution in [-0.2, 0) is 0 Å². The predicted octanol–water partition coefficient (Wildman–Crippen LogP) is 2.65. The molecule has 0 aliphatic rings. The van der Waals surface area contributed by atoms with Gasteiger partial charge in [-0.25, -0.2) is 4.98 Å². The number of rotatable bonds is 6. The number of hydrogen-bond acceptors (Lipinski definition) is 8. The zero-order valence-corrected chi connectivity index (χ0v) is 16.1. The van der Waals surface area contributed by atoms with Gasteiger partial charge in [0.25, 0.3) is 5.91 Å². The van der Waals surface area contributed by atoms with E-state index in [1.807, 2.05) is 0 Å². The number of nitro benzene ring substituents is 1. The summed E-state index contributed by atoms with van der Waals surface area (Å²) in [7, 11) is 1.34. The standard InChI is InChI=1S/C19H15N3O6S/c1-10-16(11-7-8-15(28-2)14(9-11)22(26)27)20-19(29-10)21-17(23)12-5-3-4-6-13(12)18(24)25/h3-9H,1-2H3,(H,24,25)(H,20,21,23)/p-1. The Kier molecular flexibility index (Phi) is 5.55. The Morgan fingerprint density at radius 1 is 1.17 bits per heavy atom. The molecule has 0 fully saturated rings. The van der Waals surface area contributed by atoms with E-state index in [-0.39, 0.29) is 27.7 Å². The number of carbonyl (C=O) groups excluding carboxylic acids is 2. The van der Waals surface area contributed by atoms with Crippen molar-refractivity contribution in [3.63, 3.8) is 0 Å². The van der Waals surface area contributed by atoms with Crippen molar-refractivity contribution in [3.8, 4) is 17.0 Å². The first kappa shape index (κ1) is 20.0. The maximum atomic E-state index is 12.5. The Labute approximate surface area is 168 Å². The van der Waals surface area contributed by atoms with Gasteiger partial charge in [0.2, 0.25) is 0 Å². The van der Waals surface area contributed by atoms with E-state index in [1.165, 1.54) is 43.5 Å². The number of benzene rings is 2. The van der Waals surface area contributed by atoms with Crippen molar-refractivity contribution >= 4 is 34.0 Å². The summed E-state index contributed by atoms with van der Waals surface area (Å²) in [6, 6.07) is 10.1. The van der Waals surface area contributed by atoms with Crippen LogP contribution in [0.2, 0.25) is 0 Å². The minimum Gasteiger partial charge on any atom is -0.545 e. The Bertz CT molecular complexity index is 1120. The second-order valence-electron chi connectivity index (χ2n) is 5.85. The van der Waals surface area contributed by atoms with Crippen molar-refractivity contribution in [2.75, 3.05) is 12.4 Å². The lowest BCUT2D eigenvalue weighted by Crippen LogP contribution is -2.26. The van der Waals surface area contributed by atoms with Crippen LogP contribution in [0.15, 0.2) is 42.5 Å². The van der Waals surface area contributed by atoms with Crippen molar-refractivity contribution in [2.45, 2.75) is 6.92 Å². The lowest BCUT2D eigenvalue weighted by molar-refractivity contribution is -0.385. The number of carbonyl (C=O) groups is 2. The molecule has 0 saturated carbocycles. The van der Waals surface area contributed by atoms with Crippen LogP contribution in [0.3, 0.4) is 0 Å². The fourth-order valence-corrected chi connectivity index (χ4v) is 3.55. The van der Waals surface area contributed by atoms with Crippen LogP contribution >= 0.6 is 11.3 Å². The third kappa shape index (κ3) is 4.06. The van der Waals surface area contributed by atoms with Crippen molar-refractivity contribution in [2.24, 2.45) is 0 Å². The molecule has 9 nitrogen and oxygen atoms in total. The molecule has 3 rings (SSSR count). The molecular formula is C19H14N3O6S-. The van der Waals surface area contributed by atoms with E-state index < -0.39 is 16.8 Å². The monoisotopic (exact) mass is 412 g/mol. The average Bonchev–Trinajstić information content (AvgIpc) is 3.07. The first-order chi connectivity index (χ1) is 13.8. The van der Waals surface area contributed by atoms with Gasteiger partial charge < -0.3 is 14.6 Å². The number of aryl methyl sites for hydroxylation is 1. The van der Waals surface area contributed by atoms with Crippen molar-refractivity contribution in [1.82, 2.24) is 4.98 Å². The summed E-state index contributed by atoms with van der Waals surface area (Å²) in [5, 5.41) is 25.2. The molecule has 0 spiro atoms. The fraction of sp³-hybridized carbons (Fsp3) is 0.105. The summed E-state index contributed by atoms with van der Waals surface area (Å²) in [6.07, 6.45) is 0. The summed E-state index contributed by atoms with van der Waals surface area (Å²) < 4.78 is 5.00. The number of carboxylic acids is 1. The zero-order chi connectivity index (χ0) is 21.1. The molecule has 0 aliphatic carbocycles. The van der Waals surface area contributed by atoms with E-state index in [1.54, 1.807) is 13.0 Å². The Hall–Kier alpha value is -3.79. The van der Waals surface area contributed by atoms with Gasteiger partial charge in [-0.1, -0.05) is 18.2 Å². The first-order valence-corrected chi connectivity index (χ1v) is 9.05. The molecule has 1 heterocycles. The van der Waals surface area contributed by atoms with Crippen molar-refractivity contribution in [3.05, 3.63) is 68.6 Å². The molecule has 1 amide bonds. The predicted molar refractivity (Wildman–Crippen MR) is 104 cm³/mol. The number of amides is 1. The quantitative estimate of drug-likeness (QED) is 0.486. The normalized spacial score (nSPS) is 10.4. The Balaban J connectivity index is 1.92. The molecule has 0 radical (unpaired) electrons.